The second-order valence-electron chi connectivity index (χ2n) is 6.29. The van der Waals surface area contributed by atoms with E-state index in [1.165, 1.54) is 0 Å². The van der Waals surface area contributed by atoms with Crippen molar-refractivity contribution in [2.75, 3.05) is 20.1 Å². The summed E-state index contributed by atoms with van der Waals surface area (Å²) in [6.45, 7) is 5.06. The molecule has 2 heterocycles. The number of nitrogens with one attached hydrogen (secondary N) is 1. The number of nitrogens with zero attached hydrogens (tertiary/aromatic N) is 4. The van der Waals surface area contributed by atoms with Gasteiger partial charge in [-0.15, -0.1) is 24.0 Å². The highest BCUT2D eigenvalue weighted by atomic mass is 127. The molecular weight excluding hydrogens is 477 g/mol. The van der Waals surface area contributed by atoms with Crippen LogP contribution in [-0.4, -0.2) is 40.1 Å². The third-order valence-electron chi connectivity index (χ3n) is 4.14. The predicted octanol–water partition coefficient (Wildman–Crippen LogP) is 3.34. The lowest BCUT2D eigenvalue weighted by Crippen LogP contribution is -2.38. The van der Waals surface area contributed by atoms with Crippen molar-refractivity contribution in [1.82, 2.24) is 19.4 Å². The Labute approximate surface area is 183 Å². The molecule has 0 aromatic carbocycles. The van der Waals surface area contributed by atoms with E-state index in [4.69, 9.17) is 16.6 Å². The van der Waals surface area contributed by atoms with Crippen molar-refractivity contribution in [2.24, 2.45) is 12.0 Å². The summed E-state index contributed by atoms with van der Waals surface area (Å²) in [5, 5.41) is 4.07. The van der Waals surface area contributed by atoms with Crippen LogP contribution in [0.4, 0.5) is 0 Å². The zero-order valence-corrected chi connectivity index (χ0v) is 19.3. The standard InChI is InChI=1S/C19H28ClN5O.HI/c1-4-21-19(24(3)15-17-13-16(20)14-23(17)2)22-10-6-8-12-25-11-7-5-9-18(25)26;/h5,7,9,11,13-14H,4,6,8,10,12,15H2,1-3H3,(H,21,22);1H. The van der Waals surface area contributed by atoms with Crippen molar-refractivity contribution in [3.8, 4) is 0 Å². The van der Waals surface area contributed by atoms with E-state index in [-0.39, 0.29) is 29.5 Å². The first-order chi connectivity index (χ1) is 12.5. The molecule has 0 fully saturated rings. The minimum atomic E-state index is 0. The molecule has 0 aliphatic rings. The topological polar surface area (TPSA) is 54.6 Å². The molecule has 0 atom stereocenters. The number of hydrogen-bond donors (Lipinski definition) is 1. The first kappa shape index (κ1) is 23.6. The fourth-order valence-electron chi connectivity index (χ4n) is 2.74. The van der Waals surface area contributed by atoms with Gasteiger partial charge in [-0.2, -0.15) is 0 Å². The lowest BCUT2D eigenvalue weighted by molar-refractivity contribution is 0.461. The average Bonchev–Trinajstić information content (AvgIpc) is 2.92. The summed E-state index contributed by atoms with van der Waals surface area (Å²) >= 11 is 6.06. The Morgan fingerprint density at radius 2 is 2.11 bits per heavy atom. The molecule has 0 bridgehead atoms. The molecule has 0 aliphatic carbocycles. The van der Waals surface area contributed by atoms with E-state index in [9.17, 15) is 4.79 Å². The first-order valence-electron chi connectivity index (χ1n) is 8.97. The lowest BCUT2D eigenvalue weighted by atomic mass is 10.3. The van der Waals surface area contributed by atoms with E-state index < -0.39 is 0 Å². The number of unbranched alkanes of at least 4 members (excludes halogenated alkanes) is 1. The highest BCUT2D eigenvalue weighted by molar-refractivity contribution is 14.0. The van der Waals surface area contributed by atoms with Crippen LogP contribution in [0.5, 0.6) is 0 Å². The van der Waals surface area contributed by atoms with E-state index in [1.807, 2.05) is 43.2 Å². The lowest BCUT2D eigenvalue weighted by Gasteiger charge is -2.22. The summed E-state index contributed by atoms with van der Waals surface area (Å²) in [4.78, 5) is 18.5. The molecule has 2 aromatic heterocycles. The molecule has 0 aliphatic heterocycles. The van der Waals surface area contributed by atoms with Crippen molar-refractivity contribution >= 4 is 41.5 Å². The van der Waals surface area contributed by atoms with E-state index in [2.05, 4.69) is 17.1 Å². The summed E-state index contributed by atoms with van der Waals surface area (Å²) < 4.78 is 3.76. The maximum Gasteiger partial charge on any atom is 0.250 e. The van der Waals surface area contributed by atoms with Crippen LogP contribution in [0.3, 0.4) is 0 Å². The van der Waals surface area contributed by atoms with Crippen molar-refractivity contribution in [3.63, 3.8) is 0 Å². The van der Waals surface area contributed by atoms with Crippen molar-refractivity contribution < 1.29 is 0 Å². The second-order valence-corrected chi connectivity index (χ2v) is 6.73. The largest absolute Gasteiger partial charge is 0.357 e. The summed E-state index contributed by atoms with van der Waals surface area (Å²) in [6, 6.07) is 7.21. The van der Waals surface area contributed by atoms with Gasteiger partial charge in [-0.25, -0.2) is 0 Å². The zero-order chi connectivity index (χ0) is 18.9. The summed E-state index contributed by atoms with van der Waals surface area (Å²) in [6.07, 6.45) is 5.58. The Bertz CT molecular complexity index is 786. The van der Waals surface area contributed by atoms with Gasteiger partial charge in [-0.1, -0.05) is 17.7 Å². The van der Waals surface area contributed by atoms with Gasteiger partial charge in [0.25, 0.3) is 0 Å². The van der Waals surface area contributed by atoms with Crippen LogP contribution in [0.25, 0.3) is 0 Å². The van der Waals surface area contributed by atoms with Crippen LogP contribution < -0.4 is 10.9 Å². The van der Waals surface area contributed by atoms with E-state index >= 15 is 0 Å². The molecule has 27 heavy (non-hydrogen) atoms. The SMILES string of the molecule is CCNC(=NCCCCn1ccccc1=O)N(C)Cc1cc(Cl)cn1C.I. The van der Waals surface area contributed by atoms with Crippen LogP contribution in [0.2, 0.25) is 5.02 Å². The number of hydrogen-bond acceptors (Lipinski definition) is 2. The van der Waals surface area contributed by atoms with Gasteiger partial charge >= 0.3 is 0 Å². The zero-order valence-electron chi connectivity index (χ0n) is 16.2. The molecule has 0 saturated heterocycles. The average molecular weight is 506 g/mol. The maximum absolute atomic E-state index is 11.7. The maximum atomic E-state index is 11.7. The van der Waals surface area contributed by atoms with Gasteiger partial charge in [0.15, 0.2) is 5.96 Å². The first-order valence-corrected chi connectivity index (χ1v) is 9.34. The normalized spacial score (nSPS) is 11.2. The molecule has 2 rings (SSSR count). The molecule has 0 unspecified atom stereocenters. The predicted molar refractivity (Wildman–Crippen MR) is 123 cm³/mol. The molecule has 0 amide bonds. The van der Waals surface area contributed by atoms with Crippen molar-refractivity contribution in [2.45, 2.75) is 32.9 Å². The smallest absolute Gasteiger partial charge is 0.250 e. The van der Waals surface area contributed by atoms with Gasteiger partial charge in [-0.3, -0.25) is 9.79 Å². The Balaban J connectivity index is 0.00000364. The molecule has 0 saturated carbocycles. The summed E-state index contributed by atoms with van der Waals surface area (Å²) in [5.41, 5.74) is 1.18. The van der Waals surface area contributed by atoms with E-state index in [1.54, 1.807) is 16.7 Å². The molecule has 1 N–H and O–H groups in total. The Morgan fingerprint density at radius 1 is 1.33 bits per heavy atom. The third-order valence-corrected chi connectivity index (χ3v) is 4.34. The Morgan fingerprint density at radius 3 is 2.74 bits per heavy atom. The van der Waals surface area contributed by atoms with Crippen molar-refractivity contribution in [1.29, 1.82) is 0 Å². The quantitative estimate of drug-likeness (QED) is 0.259. The number of aryl methyl sites for hydroxylation is 2. The molecule has 2 aromatic rings. The fourth-order valence-corrected chi connectivity index (χ4v) is 3.01. The minimum absolute atomic E-state index is 0. The van der Waals surface area contributed by atoms with Crippen LogP contribution in [0, 0.1) is 0 Å². The number of rotatable bonds is 8. The van der Waals surface area contributed by atoms with Crippen LogP contribution in [-0.2, 0) is 20.1 Å². The van der Waals surface area contributed by atoms with Gasteiger partial charge in [-0.05, 0) is 31.9 Å². The second kappa shape index (κ2) is 12.1. The number of aromatic nitrogens is 2. The van der Waals surface area contributed by atoms with Gasteiger partial charge in [0, 0.05) is 57.9 Å². The third kappa shape index (κ3) is 7.57. The minimum Gasteiger partial charge on any atom is -0.357 e. The Kier molecular flexibility index (Phi) is 10.5. The van der Waals surface area contributed by atoms with Gasteiger partial charge < -0.3 is 19.4 Å². The molecule has 0 radical (unpaired) electrons. The van der Waals surface area contributed by atoms with Gasteiger partial charge in [0.1, 0.15) is 0 Å². The number of halogens is 2. The van der Waals surface area contributed by atoms with Crippen LogP contribution in [0.1, 0.15) is 25.5 Å². The number of aliphatic imine (C=N–C) groups is 1. The van der Waals surface area contributed by atoms with Crippen LogP contribution >= 0.6 is 35.6 Å². The van der Waals surface area contributed by atoms with Crippen LogP contribution in [0.15, 0.2) is 46.4 Å². The number of guanidine groups is 1. The molecule has 0 spiro atoms. The van der Waals surface area contributed by atoms with E-state index in [0.717, 1.165) is 55.7 Å². The van der Waals surface area contributed by atoms with E-state index in [0.29, 0.717) is 0 Å². The molecular formula is C19H29ClIN5O. The molecule has 8 heteroatoms. The monoisotopic (exact) mass is 505 g/mol. The fraction of sp³-hybridized carbons (Fsp3) is 0.474. The number of pyridine rings is 1. The highest BCUT2D eigenvalue weighted by Crippen LogP contribution is 2.14. The van der Waals surface area contributed by atoms with Gasteiger partial charge in [0.2, 0.25) is 5.56 Å². The summed E-state index contributed by atoms with van der Waals surface area (Å²) in [7, 11) is 4.01. The van der Waals surface area contributed by atoms with Crippen molar-refractivity contribution in [3.05, 3.63) is 57.7 Å². The summed E-state index contributed by atoms with van der Waals surface area (Å²) in [5.74, 6) is 0.877. The highest BCUT2D eigenvalue weighted by Gasteiger charge is 2.09. The van der Waals surface area contributed by atoms with Gasteiger partial charge in [0.05, 0.1) is 11.6 Å². The molecule has 150 valence electrons. The molecule has 6 nitrogen and oxygen atoms in total. The Hall–Kier alpha value is -1.48.